The van der Waals surface area contributed by atoms with Crippen molar-refractivity contribution < 1.29 is 9.47 Å². The first-order valence-electron chi connectivity index (χ1n) is 10.9. The summed E-state index contributed by atoms with van der Waals surface area (Å²) in [7, 11) is 1.61. The number of nitrogens with zero attached hydrogens (tertiary/aromatic N) is 5. The summed E-state index contributed by atoms with van der Waals surface area (Å²) >= 11 is 1.48. The molecule has 2 aromatic heterocycles. The van der Waals surface area contributed by atoms with Gasteiger partial charge in [-0.3, -0.25) is 4.98 Å². The Morgan fingerprint density at radius 1 is 1.24 bits per heavy atom. The van der Waals surface area contributed by atoms with Crippen molar-refractivity contribution in [2.45, 2.75) is 24.1 Å². The third kappa shape index (κ3) is 6.05. The second-order valence-corrected chi connectivity index (χ2v) is 8.51. The molecule has 0 spiro atoms. The lowest BCUT2D eigenvalue weighted by Crippen LogP contribution is -2.38. The van der Waals surface area contributed by atoms with Gasteiger partial charge in [0.05, 0.1) is 12.2 Å². The predicted molar refractivity (Wildman–Crippen MR) is 134 cm³/mol. The molecule has 3 heterocycles. The highest BCUT2D eigenvalue weighted by Crippen LogP contribution is 2.37. The lowest BCUT2D eigenvalue weighted by atomic mass is 9.96. The van der Waals surface area contributed by atoms with E-state index >= 15 is 0 Å². The van der Waals surface area contributed by atoms with Gasteiger partial charge in [0.15, 0.2) is 0 Å². The van der Waals surface area contributed by atoms with Crippen LogP contribution in [0, 0.1) is 22.7 Å². The van der Waals surface area contributed by atoms with Gasteiger partial charge in [-0.15, -0.1) is 11.8 Å². The van der Waals surface area contributed by atoms with Crippen LogP contribution < -0.4 is 4.90 Å². The number of methoxy groups -OCH3 is 1. The van der Waals surface area contributed by atoms with Crippen LogP contribution in [0.25, 0.3) is 5.57 Å². The fourth-order valence-corrected chi connectivity index (χ4v) is 4.28. The van der Waals surface area contributed by atoms with E-state index in [-0.39, 0.29) is 0 Å². The van der Waals surface area contributed by atoms with Crippen molar-refractivity contribution in [3.63, 3.8) is 0 Å². The van der Waals surface area contributed by atoms with E-state index in [1.807, 2.05) is 25.1 Å². The molecular weight excluding hydrogens is 446 g/mol. The van der Waals surface area contributed by atoms with E-state index in [1.54, 1.807) is 31.7 Å². The number of hydrogen-bond acceptors (Lipinski definition) is 8. The fraction of sp³-hybridized carbons (Fsp3) is 0.308. The summed E-state index contributed by atoms with van der Waals surface area (Å²) in [6.07, 6.45) is 9.83. The minimum atomic E-state index is 0.400. The first-order chi connectivity index (χ1) is 16.6. The van der Waals surface area contributed by atoms with Crippen LogP contribution in [0.2, 0.25) is 0 Å². The molecule has 174 valence electrons. The summed E-state index contributed by atoms with van der Waals surface area (Å²) in [5, 5.41) is 20.8. The molecule has 0 unspecified atom stereocenters. The average molecular weight is 474 g/mol. The molecule has 0 saturated carbocycles. The molecule has 1 fully saturated rings. The number of aromatic nitrogens is 2. The Balaban J connectivity index is 2.05. The Kier molecular flexibility index (Phi) is 9.28. The maximum absolute atomic E-state index is 10.1. The van der Waals surface area contributed by atoms with Gasteiger partial charge < -0.3 is 14.4 Å². The van der Waals surface area contributed by atoms with Crippen molar-refractivity contribution in [3.8, 4) is 12.1 Å². The summed E-state index contributed by atoms with van der Waals surface area (Å²) in [6.45, 7) is 8.23. The van der Waals surface area contributed by atoms with E-state index in [1.165, 1.54) is 11.8 Å². The van der Waals surface area contributed by atoms with Crippen LogP contribution in [0.3, 0.4) is 0 Å². The molecule has 2 aromatic rings. The largest absolute Gasteiger partial charge is 0.491 e. The number of hydrogen-bond donors (Lipinski definition) is 0. The summed E-state index contributed by atoms with van der Waals surface area (Å²) < 4.78 is 10.7. The van der Waals surface area contributed by atoms with Crippen LogP contribution in [0.1, 0.15) is 35.6 Å². The Labute approximate surface area is 205 Å². The first-order valence-corrected chi connectivity index (χ1v) is 11.9. The van der Waals surface area contributed by atoms with E-state index in [9.17, 15) is 10.5 Å². The van der Waals surface area contributed by atoms with Crippen LogP contribution in [-0.2, 0) is 15.2 Å². The number of rotatable bonds is 11. The van der Waals surface area contributed by atoms with Gasteiger partial charge in [0.1, 0.15) is 40.9 Å². The molecule has 0 bridgehead atoms. The Morgan fingerprint density at radius 3 is 2.62 bits per heavy atom. The lowest BCUT2D eigenvalue weighted by molar-refractivity contribution is 0.114. The van der Waals surface area contributed by atoms with Crippen molar-refractivity contribution in [3.05, 3.63) is 77.3 Å². The van der Waals surface area contributed by atoms with Crippen LogP contribution in [-0.4, -0.2) is 43.4 Å². The predicted octanol–water partition coefficient (Wildman–Crippen LogP) is 4.86. The fourth-order valence-electron chi connectivity index (χ4n) is 3.36. The first kappa shape index (κ1) is 25.0. The maximum atomic E-state index is 10.1. The third-order valence-electron chi connectivity index (χ3n) is 5.27. The minimum Gasteiger partial charge on any atom is -0.491 e. The third-order valence-corrected chi connectivity index (χ3v) is 6.32. The Bertz CT molecular complexity index is 1160. The highest BCUT2D eigenvalue weighted by Gasteiger charge is 2.27. The average Bonchev–Trinajstić information content (AvgIpc) is 2.83. The van der Waals surface area contributed by atoms with Crippen LogP contribution in [0.15, 0.2) is 60.1 Å². The topological polar surface area (TPSA) is 95.1 Å². The standard InChI is InChI=1S/C26H27N5O2S/c1-4-21(33-14-13-32-3)9-8-19(2)24-22(15-27)25(31-11-6-12-31)30-26(23(24)16-28)34-18-20-7-5-10-29-17-20/h4-5,7-10,17H,1,6,11-14,18H2,2-3H3/b19-8+,21-9?. The van der Waals surface area contributed by atoms with Crippen molar-refractivity contribution in [1.82, 2.24) is 9.97 Å². The van der Waals surface area contributed by atoms with E-state index in [0.29, 0.717) is 52.3 Å². The van der Waals surface area contributed by atoms with Gasteiger partial charge in [-0.2, -0.15) is 10.5 Å². The maximum Gasteiger partial charge on any atom is 0.148 e. The molecule has 1 aliphatic heterocycles. The van der Waals surface area contributed by atoms with Crippen molar-refractivity contribution in [1.29, 1.82) is 10.5 Å². The molecule has 0 N–H and O–H groups in total. The monoisotopic (exact) mass is 473 g/mol. The van der Waals surface area contributed by atoms with Gasteiger partial charge in [0, 0.05) is 43.9 Å². The minimum absolute atomic E-state index is 0.400. The summed E-state index contributed by atoms with van der Waals surface area (Å²) in [5.41, 5.74) is 3.23. The molecule has 3 rings (SSSR count). The van der Waals surface area contributed by atoms with E-state index in [4.69, 9.17) is 14.5 Å². The smallest absolute Gasteiger partial charge is 0.148 e. The zero-order valence-corrected chi connectivity index (χ0v) is 20.3. The second-order valence-electron chi connectivity index (χ2n) is 7.54. The quantitative estimate of drug-likeness (QED) is 0.198. The molecule has 8 heteroatoms. The van der Waals surface area contributed by atoms with Gasteiger partial charge in [-0.1, -0.05) is 18.7 Å². The zero-order valence-electron chi connectivity index (χ0n) is 19.5. The van der Waals surface area contributed by atoms with Crippen molar-refractivity contribution in [2.75, 3.05) is 38.3 Å². The van der Waals surface area contributed by atoms with Gasteiger partial charge in [-0.05, 0) is 42.7 Å². The number of ether oxygens (including phenoxy) is 2. The highest BCUT2D eigenvalue weighted by atomic mass is 32.2. The van der Waals surface area contributed by atoms with Gasteiger partial charge in [0.25, 0.3) is 0 Å². The van der Waals surface area contributed by atoms with Crippen molar-refractivity contribution in [2.24, 2.45) is 0 Å². The van der Waals surface area contributed by atoms with Crippen molar-refractivity contribution >= 4 is 23.2 Å². The van der Waals surface area contributed by atoms with Gasteiger partial charge in [0.2, 0.25) is 0 Å². The number of nitriles is 2. The number of allylic oxidation sites excluding steroid dienone is 4. The molecule has 0 atom stereocenters. The molecule has 1 aliphatic rings. The molecule has 0 aliphatic carbocycles. The normalized spacial score (nSPS) is 13.6. The van der Waals surface area contributed by atoms with Crippen LogP contribution in [0.5, 0.6) is 0 Å². The Morgan fingerprint density at radius 2 is 2.03 bits per heavy atom. The molecule has 0 aromatic carbocycles. The van der Waals surface area contributed by atoms with E-state index < -0.39 is 0 Å². The molecule has 7 nitrogen and oxygen atoms in total. The van der Waals surface area contributed by atoms with Crippen LogP contribution in [0.4, 0.5) is 5.82 Å². The zero-order chi connectivity index (χ0) is 24.3. The van der Waals surface area contributed by atoms with E-state index in [2.05, 4.69) is 28.6 Å². The van der Waals surface area contributed by atoms with Gasteiger partial charge in [-0.25, -0.2) is 4.98 Å². The summed E-state index contributed by atoms with van der Waals surface area (Å²) in [4.78, 5) is 11.0. The highest BCUT2D eigenvalue weighted by molar-refractivity contribution is 7.98. The molecule has 34 heavy (non-hydrogen) atoms. The molecular formula is C26H27N5O2S. The Hall–Kier alpha value is -3.59. The number of thioether (sulfide) groups is 1. The second kappa shape index (κ2) is 12.6. The molecule has 0 amide bonds. The molecule has 1 saturated heterocycles. The lowest BCUT2D eigenvalue weighted by Gasteiger charge is -2.33. The van der Waals surface area contributed by atoms with E-state index in [0.717, 1.165) is 30.6 Å². The summed E-state index contributed by atoms with van der Waals surface area (Å²) in [6, 6.07) is 8.49. The summed E-state index contributed by atoms with van der Waals surface area (Å²) in [5.74, 6) is 1.83. The molecule has 0 radical (unpaired) electrons. The van der Waals surface area contributed by atoms with Gasteiger partial charge >= 0.3 is 0 Å². The SMILES string of the molecule is C=CC(=C/C=C(\C)c1c(C#N)c(SCc2cccnc2)nc(N2CCC2)c1C#N)OCCOC. The number of anilines is 1. The van der Waals surface area contributed by atoms with Crippen LogP contribution >= 0.6 is 11.8 Å². The number of pyridine rings is 2.